The van der Waals surface area contributed by atoms with E-state index in [9.17, 15) is 4.79 Å². The van der Waals surface area contributed by atoms with Crippen molar-refractivity contribution in [3.05, 3.63) is 35.4 Å². The molecule has 1 aliphatic rings. The number of carbonyl (C=O) groups excluding carboxylic acids is 1. The monoisotopic (exact) mass is 274 g/mol. The van der Waals surface area contributed by atoms with Gasteiger partial charge in [0.2, 0.25) is 5.91 Å². The number of ether oxygens (including phenoxy) is 1. The van der Waals surface area contributed by atoms with Crippen LogP contribution < -0.4 is 10.5 Å². The Morgan fingerprint density at radius 1 is 1.35 bits per heavy atom. The number of rotatable bonds is 5. The molecule has 0 atom stereocenters. The molecule has 2 rings (SSSR count). The maximum atomic E-state index is 10.8. The second kappa shape index (κ2) is 7.10. The normalized spacial score (nSPS) is 16.4. The number of nitrogens with two attached hydrogens (primary N) is 1. The molecule has 1 saturated heterocycles. The zero-order chi connectivity index (χ0) is 14.4. The molecule has 0 bridgehead atoms. The van der Waals surface area contributed by atoms with Gasteiger partial charge in [0.15, 0.2) is 0 Å². The van der Waals surface area contributed by atoms with Crippen molar-refractivity contribution in [2.45, 2.75) is 25.8 Å². The largest absolute Gasteiger partial charge is 0.496 e. The molecule has 0 unspecified atom stereocenters. The summed E-state index contributed by atoms with van der Waals surface area (Å²) in [5.41, 5.74) is 7.25. The van der Waals surface area contributed by atoms with Crippen molar-refractivity contribution in [2.75, 3.05) is 20.2 Å². The summed E-state index contributed by atoms with van der Waals surface area (Å²) in [6.07, 6.45) is 6.98. The van der Waals surface area contributed by atoms with Gasteiger partial charge < -0.3 is 10.5 Å². The van der Waals surface area contributed by atoms with Crippen LogP contribution in [0.3, 0.4) is 0 Å². The van der Waals surface area contributed by atoms with Gasteiger partial charge in [0.1, 0.15) is 5.75 Å². The lowest BCUT2D eigenvalue weighted by Crippen LogP contribution is -2.29. The van der Waals surface area contributed by atoms with Gasteiger partial charge in [0.05, 0.1) is 7.11 Å². The van der Waals surface area contributed by atoms with E-state index in [2.05, 4.69) is 11.0 Å². The Bertz CT molecular complexity index is 491. The molecule has 4 heteroatoms. The first-order chi connectivity index (χ1) is 9.69. The SMILES string of the molecule is COc1ccc(/C=C\C(N)=O)cc1CN1CCCCC1. The molecule has 0 aromatic heterocycles. The van der Waals surface area contributed by atoms with Crippen LogP contribution >= 0.6 is 0 Å². The van der Waals surface area contributed by atoms with Crippen LogP contribution in [0.4, 0.5) is 0 Å². The van der Waals surface area contributed by atoms with Crippen LogP contribution in [0.15, 0.2) is 24.3 Å². The van der Waals surface area contributed by atoms with Crippen molar-refractivity contribution in [3.8, 4) is 5.75 Å². The zero-order valence-corrected chi connectivity index (χ0v) is 12.0. The molecule has 0 aliphatic carbocycles. The Morgan fingerprint density at radius 2 is 2.10 bits per heavy atom. The number of hydrogen-bond acceptors (Lipinski definition) is 3. The Balaban J connectivity index is 2.15. The average molecular weight is 274 g/mol. The van der Waals surface area contributed by atoms with Crippen molar-refractivity contribution in [3.63, 3.8) is 0 Å². The van der Waals surface area contributed by atoms with Crippen LogP contribution in [-0.2, 0) is 11.3 Å². The number of primary amides is 1. The zero-order valence-electron chi connectivity index (χ0n) is 12.0. The Hall–Kier alpha value is -1.81. The molecule has 1 aromatic rings. The van der Waals surface area contributed by atoms with Crippen molar-refractivity contribution in [1.29, 1.82) is 0 Å². The number of nitrogens with zero attached hydrogens (tertiary/aromatic N) is 1. The van der Waals surface area contributed by atoms with Gasteiger partial charge in [-0.25, -0.2) is 0 Å². The van der Waals surface area contributed by atoms with Crippen LogP contribution in [0.1, 0.15) is 30.4 Å². The summed E-state index contributed by atoms with van der Waals surface area (Å²) in [4.78, 5) is 13.2. The second-order valence-corrected chi connectivity index (χ2v) is 5.14. The molecule has 0 radical (unpaired) electrons. The lowest BCUT2D eigenvalue weighted by atomic mass is 10.1. The quantitative estimate of drug-likeness (QED) is 0.837. The van der Waals surface area contributed by atoms with E-state index < -0.39 is 5.91 Å². The predicted molar refractivity (Wildman–Crippen MR) is 80.4 cm³/mol. The van der Waals surface area contributed by atoms with Crippen molar-refractivity contribution >= 4 is 12.0 Å². The number of hydrogen-bond donors (Lipinski definition) is 1. The third-order valence-corrected chi connectivity index (χ3v) is 3.59. The van der Waals surface area contributed by atoms with Crippen LogP contribution in [0.2, 0.25) is 0 Å². The number of piperidine rings is 1. The Labute approximate surface area is 120 Å². The summed E-state index contributed by atoms with van der Waals surface area (Å²) in [6, 6.07) is 5.94. The fraction of sp³-hybridized carbons (Fsp3) is 0.438. The van der Waals surface area contributed by atoms with Crippen molar-refractivity contribution < 1.29 is 9.53 Å². The highest BCUT2D eigenvalue weighted by Crippen LogP contribution is 2.23. The molecule has 0 spiro atoms. The predicted octanol–water partition coefficient (Wildman–Crippen LogP) is 2.18. The van der Waals surface area contributed by atoms with Crippen molar-refractivity contribution in [2.24, 2.45) is 5.73 Å². The molecule has 1 heterocycles. The van der Waals surface area contributed by atoms with Crippen LogP contribution in [0.25, 0.3) is 6.08 Å². The minimum atomic E-state index is -0.432. The first kappa shape index (κ1) is 14.6. The molecule has 4 nitrogen and oxygen atoms in total. The molecule has 1 aliphatic heterocycles. The summed E-state index contributed by atoms with van der Waals surface area (Å²) in [6.45, 7) is 3.18. The summed E-state index contributed by atoms with van der Waals surface area (Å²) in [5.74, 6) is 0.463. The Kier molecular flexibility index (Phi) is 5.18. The number of carbonyl (C=O) groups is 1. The lowest BCUT2D eigenvalue weighted by molar-refractivity contribution is -0.113. The molecule has 1 aromatic carbocycles. The van der Waals surface area contributed by atoms with E-state index in [0.717, 1.165) is 36.5 Å². The highest BCUT2D eigenvalue weighted by Gasteiger charge is 2.13. The van der Waals surface area contributed by atoms with E-state index in [1.807, 2.05) is 12.1 Å². The third-order valence-electron chi connectivity index (χ3n) is 3.59. The van der Waals surface area contributed by atoms with Crippen LogP contribution in [-0.4, -0.2) is 31.0 Å². The van der Waals surface area contributed by atoms with Gasteiger partial charge in [-0.3, -0.25) is 9.69 Å². The van der Waals surface area contributed by atoms with Crippen LogP contribution in [0.5, 0.6) is 5.75 Å². The molecule has 108 valence electrons. The maximum absolute atomic E-state index is 10.8. The fourth-order valence-electron chi connectivity index (χ4n) is 2.56. The minimum Gasteiger partial charge on any atom is -0.496 e. The highest BCUT2D eigenvalue weighted by atomic mass is 16.5. The van der Waals surface area contributed by atoms with Gasteiger partial charge in [-0.1, -0.05) is 12.5 Å². The van der Waals surface area contributed by atoms with E-state index >= 15 is 0 Å². The fourth-order valence-corrected chi connectivity index (χ4v) is 2.56. The van der Waals surface area contributed by atoms with Gasteiger partial charge >= 0.3 is 0 Å². The van der Waals surface area contributed by atoms with Gasteiger partial charge in [0, 0.05) is 18.2 Å². The number of amides is 1. The summed E-state index contributed by atoms with van der Waals surface area (Å²) in [5, 5.41) is 0. The number of benzene rings is 1. The molecule has 1 amide bonds. The van der Waals surface area contributed by atoms with E-state index in [1.54, 1.807) is 13.2 Å². The topological polar surface area (TPSA) is 55.6 Å². The third kappa shape index (κ3) is 4.10. The van der Waals surface area contributed by atoms with Crippen molar-refractivity contribution in [1.82, 2.24) is 4.90 Å². The van der Waals surface area contributed by atoms with Crippen LogP contribution in [0, 0.1) is 0 Å². The minimum absolute atomic E-state index is 0.432. The smallest absolute Gasteiger partial charge is 0.241 e. The molecule has 1 fully saturated rings. The van der Waals surface area contributed by atoms with E-state index in [-0.39, 0.29) is 0 Å². The van der Waals surface area contributed by atoms with Gasteiger partial charge in [-0.2, -0.15) is 0 Å². The lowest BCUT2D eigenvalue weighted by Gasteiger charge is -2.27. The molecular formula is C16H22N2O2. The molecule has 2 N–H and O–H groups in total. The Morgan fingerprint density at radius 3 is 2.75 bits per heavy atom. The highest BCUT2D eigenvalue weighted by molar-refractivity contribution is 5.90. The first-order valence-corrected chi connectivity index (χ1v) is 7.06. The van der Waals surface area contributed by atoms with Gasteiger partial charge in [0.25, 0.3) is 0 Å². The second-order valence-electron chi connectivity index (χ2n) is 5.14. The summed E-state index contributed by atoms with van der Waals surface area (Å²) in [7, 11) is 1.69. The van der Waals surface area contributed by atoms with Gasteiger partial charge in [-0.05, 0) is 49.7 Å². The molecular weight excluding hydrogens is 252 g/mol. The van der Waals surface area contributed by atoms with E-state index in [0.29, 0.717) is 0 Å². The average Bonchev–Trinajstić information content (AvgIpc) is 2.46. The number of likely N-dealkylation sites (tertiary alicyclic amines) is 1. The summed E-state index contributed by atoms with van der Waals surface area (Å²) < 4.78 is 5.43. The summed E-state index contributed by atoms with van der Waals surface area (Å²) >= 11 is 0. The van der Waals surface area contributed by atoms with E-state index in [1.165, 1.54) is 25.3 Å². The van der Waals surface area contributed by atoms with Gasteiger partial charge in [-0.15, -0.1) is 0 Å². The van der Waals surface area contributed by atoms with E-state index in [4.69, 9.17) is 10.5 Å². The molecule has 20 heavy (non-hydrogen) atoms. The molecule has 0 saturated carbocycles. The first-order valence-electron chi connectivity index (χ1n) is 7.06. The standard InChI is InChI=1S/C16H22N2O2/c1-20-15-7-5-13(6-8-16(17)19)11-14(15)12-18-9-3-2-4-10-18/h5-8,11H,2-4,9-10,12H2,1H3,(H2,17,19)/b8-6-. The number of methoxy groups -OCH3 is 1. The maximum Gasteiger partial charge on any atom is 0.241 e.